The Morgan fingerprint density at radius 3 is 2.76 bits per heavy atom. The number of ether oxygens (including phenoxy) is 1. The summed E-state index contributed by atoms with van der Waals surface area (Å²) in [4.78, 5) is 21.6. The lowest BCUT2D eigenvalue weighted by molar-refractivity contribution is -0.145. The molecule has 3 N–H and O–H groups in total. The summed E-state index contributed by atoms with van der Waals surface area (Å²) in [5.74, 6) is -1.59. The highest BCUT2D eigenvalue weighted by molar-refractivity contribution is 6.20. The molecule has 0 spiro atoms. The highest BCUT2D eigenvalue weighted by atomic mass is 35.5. The SMILES string of the molecule is [2H]CCCC(Cl)CCOC(=O)[C@@H](N)CCC(=O)O. The first-order chi connectivity index (χ1) is 8.47. The second kappa shape index (κ2) is 9.24. The lowest BCUT2D eigenvalue weighted by Gasteiger charge is -2.12. The second-order valence-electron chi connectivity index (χ2n) is 3.73. The minimum Gasteiger partial charge on any atom is -0.481 e. The molecule has 5 nitrogen and oxygen atoms in total. The lowest BCUT2D eigenvalue weighted by atomic mass is 10.2. The number of hydrogen-bond donors (Lipinski definition) is 2. The standard InChI is InChI=1S/C11H20ClNO4/c1-2-3-8(12)6-7-17-11(16)9(13)4-5-10(14)15/h8-9H,2-7,13H2,1H3,(H,14,15)/t8?,9-/m0/s1/i1D. The van der Waals surface area contributed by atoms with Crippen LogP contribution in [0.1, 0.15) is 40.4 Å². The van der Waals surface area contributed by atoms with Gasteiger partial charge in [0.05, 0.1) is 6.61 Å². The number of nitrogens with two attached hydrogens (primary N) is 1. The number of carbonyl (C=O) groups is 2. The van der Waals surface area contributed by atoms with Gasteiger partial charge in [0.2, 0.25) is 0 Å². The van der Waals surface area contributed by atoms with E-state index in [2.05, 4.69) is 0 Å². The van der Waals surface area contributed by atoms with Crippen molar-refractivity contribution in [3.8, 4) is 0 Å². The molecule has 0 bridgehead atoms. The first kappa shape index (κ1) is 14.3. The predicted octanol–water partition coefficient (Wildman–Crippen LogP) is 1.52. The number of carboxylic acids is 1. The first-order valence-corrected chi connectivity index (χ1v) is 5.98. The molecule has 0 aromatic heterocycles. The topological polar surface area (TPSA) is 89.6 Å². The summed E-state index contributed by atoms with van der Waals surface area (Å²) in [6.07, 6.45) is 1.86. The zero-order valence-electron chi connectivity index (χ0n) is 10.7. The number of carbonyl (C=O) groups excluding carboxylic acids is 1. The van der Waals surface area contributed by atoms with Gasteiger partial charge < -0.3 is 15.6 Å². The maximum Gasteiger partial charge on any atom is 0.322 e. The van der Waals surface area contributed by atoms with Gasteiger partial charge in [0.25, 0.3) is 0 Å². The number of alkyl halides is 1. The maximum absolute atomic E-state index is 11.3. The molecule has 0 rings (SSSR count). The van der Waals surface area contributed by atoms with E-state index in [-0.39, 0.29) is 24.8 Å². The van der Waals surface area contributed by atoms with E-state index in [4.69, 9.17) is 28.5 Å². The molecule has 0 heterocycles. The van der Waals surface area contributed by atoms with Gasteiger partial charge in [-0.15, -0.1) is 11.6 Å². The van der Waals surface area contributed by atoms with Crippen LogP contribution in [0.3, 0.4) is 0 Å². The average Bonchev–Trinajstić information content (AvgIpc) is 2.33. The van der Waals surface area contributed by atoms with Gasteiger partial charge in [-0.2, -0.15) is 0 Å². The molecule has 1 unspecified atom stereocenters. The summed E-state index contributed by atoms with van der Waals surface area (Å²) in [6.45, 7) is 0.509. The first-order valence-electron chi connectivity index (χ1n) is 6.25. The normalized spacial score (nSPS) is 14.8. The number of hydrogen-bond acceptors (Lipinski definition) is 4. The molecule has 0 fully saturated rings. The van der Waals surface area contributed by atoms with Crippen molar-refractivity contribution in [2.45, 2.75) is 50.4 Å². The van der Waals surface area contributed by atoms with Crippen LogP contribution >= 0.6 is 11.6 Å². The fourth-order valence-electron chi connectivity index (χ4n) is 1.16. The van der Waals surface area contributed by atoms with Crippen LogP contribution in [0, 0.1) is 0 Å². The Bertz CT molecular complexity index is 265. The summed E-state index contributed by atoms with van der Waals surface area (Å²) in [5, 5.41) is 8.32. The van der Waals surface area contributed by atoms with Gasteiger partial charge >= 0.3 is 11.9 Å². The molecule has 0 aliphatic carbocycles. The maximum atomic E-state index is 11.3. The van der Waals surface area contributed by atoms with Crippen molar-refractivity contribution >= 4 is 23.5 Å². The van der Waals surface area contributed by atoms with Crippen LogP contribution in [0.25, 0.3) is 0 Å². The Morgan fingerprint density at radius 2 is 2.18 bits per heavy atom. The van der Waals surface area contributed by atoms with E-state index >= 15 is 0 Å². The summed E-state index contributed by atoms with van der Waals surface area (Å²) in [5.41, 5.74) is 5.47. The quantitative estimate of drug-likeness (QED) is 0.488. The molecular weight excluding hydrogens is 246 g/mol. The second-order valence-corrected chi connectivity index (χ2v) is 4.35. The minimum absolute atomic E-state index is 0.0668. The van der Waals surface area contributed by atoms with Crippen LogP contribution in [0.2, 0.25) is 0 Å². The molecule has 0 aromatic carbocycles. The van der Waals surface area contributed by atoms with E-state index in [1.54, 1.807) is 0 Å². The molecule has 6 heteroatoms. The van der Waals surface area contributed by atoms with Crippen molar-refractivity contribution in [3.05, 3.63) is 0 Å². The van der Waals surface area contributed by atoms with Gasteiger partial charge in [-0.1, -0.05) is 13.3 Å². The van der Waals surface area contributed by atoms with Crippen molar-refractivity contribution < 1.29 is 20.8 Å². The Balaban J connectivity index is 3.65. The van der Waals surface area contributed by atoms with Crippen LogP contribution in [0.15, 0.2) is 0 Å². The molecule has 0 aliphatic heterocycles. The molecule has 100 valence electrons. The summed E-state index contributed by atoms with van der Waals surface area (Å²) < 4.78 is 11.9. The van der Waals surface area contributed by atoms with E-state index in [1.165, 1.54) is 0 Å². The molecule has 0 aliphatic rings. The van der Waals surface area contributed by atoms with Crippen molar-refractivity contribution in [3.63, 3.8) is 0 Å². The van der Waals surface area contributed by atoms with Gasteiger partial charge in [0.1, 0.15) is 6.04 Å². The van der Waals surface area contributed by atoms with Crippen LogP contribution in [0.5, 0.6) is 0 Å². The van der Waals surface area contributed by atoms with Crippen molar-refractivity contribution in [1.82, 2.24) is 0 Å². The van der Waals surface area contributed by atoms with E-state index in [0.717, 1.165) is 6.42 Å². The summed E-state index contributed by atoms with van der Waals surface area (Å²) in [6, 6.07) is -0.900. The molecule has 0 saturated carbocycles. The monoisotopic (exact) mass is 266 g/mol. The predicted molar refractivity (Wildman–Crippen MR) is 65.0 cm³/mol. The molecule has 0 radical (unpaired) electrons. The third-order valence-corrected chi connectivity index (χ3v) is 2.60. The van der Waals surface area contributed by atoms with Gasteiger partial charge in [0, 0.05) is 13.2 Å². The average molecular weight is 267 g/mol. The molecule has 0 aromatic rings. The summed E-state index contributed by atoms with van der Waals surface area (Å²) in [7, 11) is 0. The fourth-order valence-corrected chi connectivity index (χ4v) is 1.40. The van der Waals surface area contributed by atoms with E-state index in [9.17, 15) is 9.59 Å². The third kappa shape index (κ3) is 8.94. The van der Waals surface area contributed by atoms with Crippen LogP contribution < -0.4 is 5.73 Å². The van der Waals surface area contributed by atoms with Crippen molar-refractivity contribution in [1.29, 1.82) is 0 Å². The Hall–Kier alpha value is -0.810. The van der Waals surface area contributed by atoms with Gasteiger partial charge in [-0.25, -0.2) is 0 Å². The zero-order chi connectivity index (χ0) is 14.0. The van der Waals surface area contributed by atoms with Gasteiger partial charge in [0.15, 0.2) is 0 Å². The Kier molecular flexibility index (Phi) is 7.75. The van der Waals surface area contributed by atoms with Crippen LogP contribution in [-0.2, 0) is 14.3 Å². The smallest absolute Gasteiger partial charge is 0.322 e. The van der Waals surface area contributed by atoms with Gasteiger partial charge in [-0.3, -0.25) is 9.59 Å². The van der Waals surface area contributed by atoms with Crippen molar-refractivity contribution in [2.24, 2.45) is 5.73 Å². The molecule has 17 heavy (non-hydrogen) atoms. The number of aliphatic carboxylic acids is 1. The number of halogens is 1. The Labute approximate surface area is 108 Å². The minimum atomic E-state index is -0.991. The molecule has 0 saturated heterocycles. The number of carboxylic acid groups (broad SMARTS) is 1. The van der Waals surface area contributed by atoms with Crippen molar-refractivity contribution in [2.75, 3.05) is 6.61 Å². The molecule has 0 amide bonds. The molecule has 2 atom stereocenters. The van der Waals surface area contributed by atoms with Crippen LogP contribution in [0.4, 0.5) is 0 Å². The zero-order valence-corrected chi connectivity index (χ0v) is 10.5. The van der Waals surface area contributed by atoms with Gasteiger partial charge in [-0.05, 0) is 19.3 Å². The fraction of sp³-hybridized carbons (Fsp3) is 0.818. The molecular formula is C11H20ClNO4. The van der Waals surface area contributed by atoms with E-state index in [0.29, 0.717) is 19.7 Å². The largest absolute Gasteiger partial charge is 0.481 e. The number of esters is 1. The van der Waals surface area contributed by atoms with E-state index < -0.39 is 18.0 Å². The highest BCUT2D eigenvalue weighted by Crippen LogP contribution is 2.09. The lowest BCUT2D eigenvalue weighted by Crippen LogP contribution is -2.33. The Morgan fingerprint density at radius 1 is 1.47 bits per heavy atom. The van der Waals surface area contributed by atoms with E-state index in [1.807, 2.05) is 0 Å². The van der Waals surface area contributed by atoms with Crippen LogP contribution in [-0.4, -0.2) is 35.1 Å². The summed E-state index contributed by atoms with van der Waals surface area (Å²) >= 11 is 5.94. The third-order valence-electron chi connectivity index (χ3n) is 2.16. The number of rotatable bonds is 9. The highest BCUT2D eigenvalue weighted by Gasteiger charge is 2.16.